The van der Waals surface area contributed by atoms with Crippen LogP contribution < -0.4 is 17.2 Å². The summed E-state index contributed by atoms with van der Waals surface area (Å²) >= 11 is 0. The standard InChI is InChI=1S/C13H12N8O/c14-9-7(11(16)21-22)17-8-10(15)18-12(20-13(8)19-9)6-4-2-1-3-5-6/h1-5,22H,(H2,16,21)(H4,14,15,18,19,20). The van der Waals surface area contributed by atoms with E-state index in [9.17, 15) is 0 Å². The fourth-order valence-corrected chi connectivity index (χ4v) is 1.93. The summed E-state index contributed by atoms with van der Waals surface area (Å²) in [6.45, 7) is 0. The molecule has 2 heterocycles. The fourth-order valence-electron chi connectivity index (χ4n) is 1.93. The van der Waals surface area contributed by atoms with E-state index in [0.717, 1.165) is 5.56 Å². The first kappa shape index (κ1) is 13.5. The average molecular weight is 296 g/mol. The molecule has 3 aromatic rings. The monoisotopic (exact) mass is 296 g/mol. The molecule has 0 aliphatic rings. The van der Waals surface area contributed by atoms with E-state index in [2.05, 4.69) is 25.1 Å². The molecule has 0 saturated carbocycles. The van der Waals surface area contributed by atoms with Crippen LogP contribution in [-0.2, 0) is 0 Å². The van der Waals surface area contributed by atoms with Crippen molar-refractivity contribution in [1.29, 1.82) is 0 Å². The van der Waals surface area contributed by atoms with Gasteiger partial charge in [0.1, 0.15) is 0 Å². The van der Waals surface area contributed by atoms with E-state index in [0.29, 0.717) is 5.82 Å². The third-order valence-corrected chi connectivity index (χ3v) is 2.97. The van der Waals surface area contributed by atoms with Gasteiger partial charge in [-0.25, -0.2) is 19.9 Å². The summed E-state index contributed by atoms with van der Waals surface area (Å²) in [5.74, 6) is 0.262. The normalized spacial score (nSPS) is 11.7. The number of hydrogen-bond acceptors (Lipinski definition) is 8. The largest absolute Gasteiger partial charge is 0.409 e. The molecule has 0 bridgehead atoms. The summed E-state index contributed by atoms with van der Waals surface area (Å²) in [5, 5.41) is 11.6. The Balaban J connectivity index is 2.24. The van der Waals surface area contributed by atoms with Crippen LogP contribution in [0.15, 0.2) is 35.5 Å². The van der Waals surface area contributed by atoms with Crippen molar-refractivity contribution in [2.45, 2.75) is 0 Å². The lowest BCUT2D eigenvalue weighted by Crippen LogP contribution is -2.19. The predicted octanol–water partition coefficient (Wildman–Crippen LogP) is 0.346. The number of nitrogens with two attached hydrogens (primary N) is 3. The Morgan fingerprint density at radius 3 is 2.36 bits per heavy atom. The van der Waals surface area contributed by atoms with Crippen molar-refractivity contribution >= 4 is 28.6 Å². The molecular formula is C13H12N8O. The first-order valence-electron chi connectivity index (χ1n) is 6.24. The molecule has 9 heteroatoms. The number of fused-ring (bicyclic) bond motifs is 1. The SMILES string of the molecule is N/C(=N\O)c1nc2c(N)nc(-c3ccccc3)nc2nc1N. The lowest BCUT2D eigenvalue weighted by atomic mass is 10.2. The number of nitrogen functional groups attached to an aromatic ring is 2. The van der Waals surface area contributed by atoms with Gasteiger partial charge in [0.05, 0.1) is 0 Å². The highest BCUT2D eigenvalue weighted by atomic mass is 16.4. The van der Waals surface area contributed by atoms with Crippen molar-refractivity contribution in [3.63, 3.8) is 0 Å². The van der Waals surface area contributed by atoms with Crippen molar-refractivity contribution in [3.8, 4) is 11.4 Å². The van der Waals surface area contributed by atoms with E-state index in [4.69, 9.17) is 22.4 Å². The first-order valence-corrected chi connectivity index (χ1v) is 6.24. The smallest absolute Gasteiger partial charge is 0.192 e. The molecule has 0 unspecified atom stereocenters. The maximum Gasteiger partial charge on any atom is 0.192 e. The van der Waals surface area contributed by atoms with Crippen LogP contribution in [0.1, 0.15) is 5.69 Å². The van der Waals surface area contributed by atoms with Gasteiger partial charge in [-0.15, -0.1) is 0 Å². The van der Waals surface area contributed by atoms with Gasteiger partial charge in [-0.3, -0.25) is 0 Å². The van der Waals surface area contributed by atoms with E-state index in [1.165, 1.54) is 0 Å². The number of benzene rings is 1. The molecule has 9 nitrogen and oxygen atoms in total. The number of anilines is 2. The van der Waals surface area contributed by atoms with E-state index in [-0.39, 0.29) is 34.3 Å². The molecule has 0 atom stereocenters. The van der Waals surface area contributed by atoms with Crippen molar-refractivity contribution in [2.24, 2.45) is 10.9 Å². The number of hydrogen-bond donors (Lipinski definition) is 4. The van der Waals surface area contributed by atoms with Gasteiger partial charge in [-0.1, -0.05) is 35.5 Å². The Labute approximate surface area is 124 Å². The van der Waals surface area contributed by atoms with Crippen molar-refractivity contribution < 1.29 is 5.21 Å². The van der Waals surface area contributed by atoms with Crippen molar-refractivity contribution in [1.82, 2.24) is 19.9 Å². The molecular weight excluding hydrogens is 284 g/mol. The minimum absolute atomic E-state index is 0.0140. The molecule has 0 fully saturated rings. The van der Waals surface area contributed by atoms with Gasteiger partial charge in [0.15, 0.2) is 40.2 Å². The van der Waals surface area contributed by atoms with Gasteiger partial charge < -0.3 is 22.4 Å². The molecule has 0 saturated heterocycles. The highest BCUT2D eigenvalue weighted by Crippen LogP contribution is 2.22. The van der Waals surface area contributed by atoms with Crippen LogP contribution in [0.2, 0.25) is 0 Å². The Hall–Kier alpha value is -3.49. The number of nitrogens with zero attached hydrogens (tertiary/aromatic N) is 5. The van der Waals surface area contributed by atoms with Crippen LogP contribution in [0, 0.1) is 0 Å². The molecule has 0 aliphatic carbocycles. The quantitative estimate of drug-likeness (QED) is 0.228. The molecule has 0 spiro atoms. The second-order valence-electron chi connectivity index (χ2n) is 4.41. The molecule has 1 aromatic carbocycles. The van der Waals surface area contributed by atoms with Gasteiger partial charge in [0, 0.05) is 5.56 Å². The molecule has 110 valence electrons. The van der Waals surface area contributed by atoms with Crippen LogP contribution in [0.4, 0.5) is 11.6 Å². The molecule has 3 rings (SSSR count). The summed E-state index contributed by atoms with van der Waals surface area (Å²) in [6, 6.07) is 9.31. The molecule has 0 amide bonds. The molecule has 0 aliphatic heterocycles. The number of amidine groups is 1. The van der Waals surface area contributed by atoms with E-state index in [1.807, 2.05) is 30.3 Å². The Morgan fingerprint density at radius 2 is 1.68 bits per heavy atom. The molecule has 2 aromatic heterocycles. The topological polar surface area (TPSA) is 162 Å². The summed E-state index contributed by atoms with van der Waals surface area (Å²) in [4.78, 5) is 16.7. The summed E-state index contributed by atoms with van der Waals surface area (Å²) in [7, 11) is 0. The molecule has 0 radical (unpaired) electrons. The van der Waals surface area contributed by atoms with E-state index < -0.39 is 0 Å². The van der Waals surface area contributed by atoms with E-state index >= 15 is 0 Å². The predicted molar refractivity (Wildman–Crippen MR) is 81.9 cm³/mol. The van der Waals surface area contributed by atoms with Gasteiger partial charge >= 0.3 is 0 Å². The Kier molecular flexibility index (Phi) is 3.14. The summed E-state index contributed by atoms with van der Waals surface area (Å²) in [5.41, 5.74) is 18.4. The zero-order chi connectivity index (χ0) is 15.7. The minimum Gasteiger partial charge on any atom is -0.409 e. The van der Waals surface area contributed by atoms with Crippen LogP contribution in [0.25, 0.3) is 22.6 Å². The number of aromatic nitrogens is 4. The van der Waals surface area contributed by atoms with Crippen LogP contribution in [-0.4, -0.2) is 31.0 Å². The average Bonchev–Trinajstić information content (AvgIpc) is 2.54. The first-order chi connectivity index (χ1) is 10.6. The Morgan fingerprint density at radius 1 is 0.955 bits per heavy atom. The van der Waals surface area contributed by atoms with Gasteiger partial charge in [-0.2, -0.15) is 0 Å². The van der Waals surface area contributed by atoms with Crippen LogP contribution >= 0.6 is 0 Å². The number of oxime groups is 1. The lowest BCUT2D eigenvalue weighted by molar-refractivity contribution is 0.318. The Bertz CT molecular complexity index is 878. The summed E-state index contributed by atoms with van der Waals surface area (Å²) in [6.07, 6.45) is 0. The van der Waals surface area contributed by atoms with E-state index in [1.54, 1.807) is 0 Å². The van der Waals surface area contributed by atoms with Crippen LogP contribution in [0.5, 0.6) is 0 Å². The van der Waals surface area contributed by atoms with Crippen molar-refractivity contribution in [3.05, 3.63) is 36.0 Å². The molecule has 7 N–H and O–H groups in total. The highest BCUT2D eigenvalue weighted by Gasteiger charge is 2.15. The highest BCUT2D eigenvalue weighted by molar-refractivity contribution is 6.01. The second-order valence-corrected chi connectivity index (χ2v) is 4.41. The zero-order valence-electron chi connectivity index (χ0n) is 11.3. The molecule has 22 heavy (non-hydrogen) atoms. The second kappa shape index (κ2) is 5.13. The third-order valence-electron chi connectivity index (χ3n) is 2.97. The minimum atomic E-state index is -0.265. The lowest BCUT2D eigenvalue weighted by Gasteiger charge is -2.07. The van der Waals surface area contributed by atoms with Crippen LogP contribution in [0.3, 0.4) is 0 Å². The maximum atomic E-state index is 8.72. The maximum absolute atomic E-state index is 8.72. The van der Waals surface area contributed by atoms with Gasteiger partial charge in [0.2, 0.25) is 0 Å². The third kappa shape index (κ3) is 2.20. The van der Waals surface area contributed by atoms with Gasteiger partial charge in [-0.05, 0) is 0 Å². The van der Waals surface area contributed by atoms with Crippen molar-refractivity contribution in [2.75, 3.05) is 11.5 Å². The van der Waals surface area contributed by atoms with Gasteiger partial charge in [0.25, 0.3) is 0 Å². The fraction of sp³-hybridized carbons (Fsp3) is 0. The summed E-state index contributed by atoms with van der Waals surface area (Å²) < 4.78 is 0. The zero-order valence-corrected chi connectivity index (χ0v) is 11.3. The number of rotatable bonds is 2.